The highest BCUT2D eigenvalue weighted by Crippen LogP contribution is 2.35. The van der Waals surface area contributed by atoms with Gasteiger partial charge in [0.15, 0.2) is 0 Å². The molecule has 0 aromatic rings. The minimum Gasteiger partial charge on any atom is -0.305 e. The molecule has 68 valence electrons. The molecule has 0 amide bonds. The summed E-state index contributed by atoms with van der Waals surface area (Å²) in [6.45, 7) is 6.41. The van der Waals surface area contributed by atoms with Crippen molar-refractivity contribution in [3.05, 3.63) is 12.7 Å². The van der Waals surface area contributed by atoms with E-state index in [1.807, 2.05) is 0 Å². The summed E-state index contributed by atoms with van der Waals surface area (Å²) < 4.78 is 0. The quantitative estimate of drug-likeness (QED) is 0.617. The van der Waals surface area contributed by atoms with Crippen molar-refractivity contribution in [3.8, 4) is 0 Å². The zero-order chi connectivity index (χ0) is 8.55. The molecule has 2 heteroatoms. The first kappa shape index (κ1) is 8.27. The molecule has 2 nitrogen and oxygen atoms in total. The summed E-state index contributed by atoms with van der Waals surface area (Å²) in [4.78, 5) is 2.55. The fourth-order valence-corrected chi connectivity index (χ4v) is 2.64. The van der Waals surface area contributed by atoms with Gasteiger partial charge in [-0.3, -0.25) is 4.90 Å². The van der Waals surface area contributed by atoms with Gasteiger partial charge in [-0.2, -0.15) is 0 Å². The molecule has 0 aromatic carbocycles. The largest absolute Gasteiger partial charge is 0.305 e. The standard InChI is InChI=1S/C10H18N2/c1-3-8-7-12-5-4-9(8)6-10(12)11-2/h3,8-11H,1,4-7H2,2H3. The molecule has 0 radical (unpaired) electrons. The Bertz CT molecular complexity index is 179. The third-order valence-corrected chi connectivity index (χ3v) is 3.44. The molecule has 3 saturated heterocycles. The fourth-order valence-electron chi connectivity index (χ4n) is 2.64. The Hall–Kier alpha value is -0.340. The second-order valence-electron chi connectivity index (χ2n) is 3.98. The lowest BCUT2D eigenvalue weighted by molar-refractivity contribution is 0.00709. The minimum absolute atomic E-state index is 0.639. The second-order valence-corrected chi connectivity index (χ2v) is 3.98. The summed E-state index contributed by atoms with van der Waals surface area (Å²) in [6.07, 6.45) is 5.46. The molecule has 3 rings (SSSR count). The predicted molar refractivity (Wildman–Crippen MR) is 50.8 cm³/mol. The van der Waals surface area contributed by atoms with Crippen LogP contribution in [0.2, 0.25) is 0 Å². The SMILES string of the molecule is C=CC1CN2CCC1CC2NC. The van der Waals surface area contributed by atoms with Gasteiger partial charge in [0.1, 0.15) is 0 Å². The highest BCUT2D eigenvalue weighted by atomic mass is 15.3. The molecule has 0 aromatic heterocycles. The third-order valence-electron chi connectivity index (χ3n) is 3.44. The molecule has 0 aliphatic carbocycles. The fraction of sp³-hybridized carbons (Fsp3) is 0.800. The maximum Gasteiger partial charge on any atom is 0.0597 e. The smallest absolute Gasteiger partial charge is 0.0597 e. The number of hydrogen-bond acceptors (Lipinski definition) is 2. The monoisotopic (exact) mass is 166 g/mol. The number of nitrogens with one attached hydrogen (secondary N) is 1. The molecule has 2 bridgehead atoms. The van der Waals surface area contributed by atoms with Gasteiger partial charge in [-0.25, -0.2) is 0 Å². The van der Waals surface area contributed by atoms with E-state index in [0.717, 1.165) is 11.8 Å². The topological polar surface area (TPSA) is 15.3 Å². The van der Waals surface area contributed by atoms with Crippen LogP contribution in [0.3, 0.4) is 0 Å². The maximum absolute atomic E-state index is 3.91. The lowest BCUT2D eigenvalue weighted by Crippen LogP contribution is -2.57. The summed E-state index contributed by atoms with van der Waals surface area (Å²) in [6, 6.07) is 0. The van der Waals surface area contributed by atoms with E-state index in [9.17, 15) is 0 Å². The summed E-state index contributed by atoms with van der Waals surface area (Å²) >= 11 is 0. The van der Waals surface area contributed by atoms with Crippen LogP contribution in [0.4, 0.5) is 0 Å². The number of rotatable bonds is 2. The van der Waals surface area contributed by atoms with Crippen molar-refractivity contribution in [2.75, 3.05) is 20.1 Å². The maximum atomic E-state index is 3.91. The van der Waals surface area contributed by atoms with Gasteiger partial charge in [0.05, 0.1) is 6.17 Å². The van der Waals surface area contributed by atoms with Crippen LogP contribution in [0.15, 0.2) is 12.7 Å². The van der Waals surface area contributed by atoms with Crippen molar-refractivity contribution < 1.29 is 0 Å². The number of piperidine rings is 3. The number of nitrogens with zero attached hydrogens (tertiary/aromatic N) is 1. The van der Waals surface area contributed by atoms with Crippen molar-refractivity contribution in [2.45, 2.75) is 19.0 Å². The summed E-state index contributed by atoms with van der Waals surface area (Å²) in [5.74, 6) is 1.65. The first-order chi connectivity index (χ1) is 5.85. The lowest BCUT2D eigenvalue weighted by Gasteiger charge is -2.49. The molecule has 3 aliphatic rings. The van der Waals surface area contributed by atoms with Crippen LogP contribution in [0.5, 0.6) is 0 Å². The first-order valence-electron chi connectivity index (χ1n) is 4.89. The highest BCUT2D eigenvalue weighted by Gasteiger charge is 2.37. The molecule has 0 saturated carbocycles. The molecule has 4 atom stereocenters. The van der Waals surface area contributed by atoms with Crippen molar-refractivity contribution >= 4 is 0 Å². The van der Waals surface area contributed by atoms with Crippen molar-refractivity contribution in [1.82, 2.24) is 10.2 Å². The molecule has 0 spiro atoms. The minimum atomic E-state index is 0.639. The van der Waals surface area contributed by atoms with Crippen LogP contribution >= 0.6 is 0 Å². The molecule has 1 N–H and O–H groups in total. The van der Waals surface area contributed by atoms with E-state index in [-0.39, 0.29) is 0 Å². The number of hydrogen-bond donors (Lipinski definition) is 1. The Morgan fingerprint density at radius 1 is 1.58 bits per heavy atom. The Morgan fingerprint density at radius 2 is 2.42 bits per heavy atom. The molecule has 4 unspecified atom stereocenters. The molecular formula is C10H18N2. The van der Waals surface area contributed by atoms with Gasteiger partial charge < -0.3 is 5.32 Å². The highest BCUT2D eigenvalue weighted by molar-refractivity contribution is 4.97. The van der Waals surface area contributed by atoms with Crippen LogP contribution in [0.1, 0.15) is 12.8 Å². The normalized spacial score (nSPS) is 46.1. The van der Waals surface area contributed by atoms with Crippen molar-refractivity contribution in [3.63, 3.8) is 0 Å². The van der Waals surface area contributed by atoms with Crippen LogP contribution in [0, 0.1) is 11.8 Å². The van der Waals surface area contributed by atoms with Crippen LogP contribution < -0.4 is 5.32 Å². The van der Waals surface area contributed by atoms with E-state index < -0.39 is 0 Å². The van der Waals surface area contributed by atoms with E-state index in [1.54, 1.807) is 0 Å². The van der Waals surface area contributed by atoms with Gasteiger partial charge in [0, 0.05) is 6.54 Å². The molecular weight excluding hydrogens is 148 g/mol. The van der Waals surface area contributed by atoms with Gasteiger partial charge in [-0.05, 0) is 38.3 Å². The summed E-state index contributed by atoms with van der Waals surface area (Å²) in [7, 11) is 2.06. The van der Waals surface area contributed by atoms with Gasteiger partial charge in [0.25, 0.3) is 0 Å². The van der Waals surface area contributed by atoms with E-state index in [1.165, 1.54) is 25.9 Å². The van der Waals surface area contributed by atoms with E-state index in [2.05, 4.69) is 29.9 Å². The van der Waals surface area contributed by atoms with Gasteiger partial charge in [-0.1, -0.05) is 6.08 Å². The van der Waals surface area contributed by atoms with Gasteiger partial charge >= 0.3 is 0 Å². The Labute approximate surface area is 74.6 Å². The Balaban J connectivity index is 2.05. The third kappa shape index (κ3) is 1.19. The molecule has 12 heavy (non-hydrogen) atoms. The summed E-state index contributed by atoms with van der Waals surface area (Å²) in [5, 5.41) is 3.37. The van der Waals surface area contributed by atoms with Crippen LogP contribution in [0.25, 0.3) is 0 Å². The van der Waals surface area contributed by atoms with Crippen molar-refractivity contribution in [1.29, 1.82) is 0 Å². The van der Waals surface area contributed by atoms with Crippen LogP contribution in [-0.4, -0.2) is 31.2 Å². The van der Waals surface area contributed by atoms with E-state index >= 15 is 0 Å². The van der Waals surface area contributed by atoms with Crippen LogP contribution in [-0.2, 0) is 0 Å². The predicted octanol–water partition coefficient (Wildman–Crippen LogP) is 1.06. The Morgan fingerprint density at radius 3 is 2.92 bits per heavy atom. The molecule has 3 heterocycles. The average molecular weight is 166 g/mol. The summed E-state index contributed by atoms with van der Waals surface area (Å²) in [5.41, 5.74) is 0. The van der Waals surface area contributed by atoms with Gasteiger partial charge in [0.2, 0.25) is 0 Å². The zero-order valence-corrected chi connectivity index (χ0v) is 7.79. The van der Waals surface area contributed by atoms with Crippen molar-refractivity contribution in [2.24, 2.45) is 11.8 Å². The Kier molecular flexibility index (Phi) is 2.20. The number of fused-ring (bicyclic) bond motifs is 3. The first-order valence-corrected chi connectivity index (χ1v) is 4.89. The van der Waals surface area contributed by atoms with E-state index in [4.69, 9.17) is 0 Å². The molecule has 3 aliphatic heterocycles. The zero-order valence-electron chi connectivity index (χ0n) is 7.79. The van der Waals surface area contributed by atoms with Gasteiger partial charge in [-0.15, -0.1) is 6.58 Å². The average Bonchev–Trinajstić information content (AvgIpc) is 2.18. The second kappa shape index (κ2) is 3.19. The lowest BCUT2D eigenvalue weighted by atomic mass is 9.78. The van der Waals surface area contributed by atoms with E-state index in [0.29, 0.717) is 6.17 Å². The molecule has 3 fully saturated rings.